The summed E-state index contributed by atoms with van der Waals surface area (Å²) in [4.78, 5) is 131. The minimum absolute atomic E-state index is 0.0306. The smallest absolute Gasteiger partial charge is 0.317 e. The van der Waals surface area contributed by atoms with Crippen LogP contribution in [-0.2, 0) is 66.9 Å². The number of carboxylic acids is 6. The highest BCUT2D eigenvalue weighted by molar-refractivity contribution is 8.01. The molecule has 0 spiro atoms. The Hall–Kier alpha value is -5.25. The zero-order valence-electron chi connectivity index (χ0n) is 46.4. The van der Waals surface area contributed by atoms with Gasteiger partial charge in [0.2, 0.25) is 11.8 Å². The summed E-state index contributed by atoms with van der Waals surface area (Å²) >= 11 is 5.62. The molecule has 0 aliphatic carbocycles. The molecule has 27 nitrogen and oxygen atoms in total. The lowest BCUT2D eigenvalue weighted by Gasteiger charge is -2.17. The Morgan fingerprint density at radius 2 is 0.848 bits per heavy atom. The first-order valence-corrected chi connectivity index (χ1v) is 28.6. The topological polar surface area (TPSA) is 490 Å². The van der Waals surface area contributed by atoms with E-state index in [4.69, 9.17) is 63.3 Å². The molecule has 0 heterocycles. The van der Waals surface area contributed by atoms with Crippen LogP contribution >= 0.6 is 59.1 Å². The first-order valence-electron chi connectivity index (χ1n) is 23.4. The van der Waals surface area contributed by atoms with Gasteiger partial charge in [0.05, 0.1) is 19.3 Å². The zero-order chi connectivity index (χ0) is 63.5. The fraction of sp³-hybridized carbons (Fsp3) is 0.660. The molecule has 32 heteroatoms. The molecule has 0 bridgehead atoms. The van der Waals surface area contributed by atoms with Crippen LogP contribution in [0.2, 0.25) is 0 Å². The van der Waals surface area contributed by atoms with Crippen molar-refractivity contribution in [3.8, 4) is 0 Å². The van der Waals surface area contributed by atoms with E-state index < -0.39 is 88.6 Å². The molecular formula is C47H84N6O21S5. The number of hydrogen-bond acceptors (Lipinski definition) is 24. The van der Waals surface area contributed by atoms with E-state index in [9.17, 15) is 57.5 Å². The highest BCUT2D eigenvalue weighted by atomic mass is 32.2. The highest BCUT2D eigenvalue weighted by Crippen LogP contribution is 2.24. The van der Waals surface area contributed by atoms with Crippen molar-refractivity contribution >= 4 is 155 Å². The standard InChI is InChI=1S/C13H21NO6S.C11H17NO6S.C8H12O5S.C7H14O4S2.4C2H5N/c1-8(15)9(4-5-11(16)14(2)3)7-21-10(13(19)20)6-12(17)18;1-6(13)7(2-3-9(12)14)5-19-8(11(17)18)4-10(15)16;1-5(9)2-3-14-6(8(12)13)4-7(10)11;1-7(8)3-6-12-4-2-5-13-11-10-9;4*1-2-3/h9-10H,4-7H2,1-3H3,(H,17,18)(H,19,20);7-8H,2-5H2,1H3,(H2,12,14)(H,15,16)(H,17,18);6H,2-4H2,1H3,(H,10,11)(H,12,13);9H,2-6H2,1H3;4*2-3H,1H3. The van der Waals surface area contributed by atoms with Crippen LogP contribution in [0.5, 0.6) is 0 Å². The van der Waals surface area contributed by atoms with Gasteiger partial charge in [-0.3, -0.25) is 57.5 Å². The number of rotatable bonds is 36. The van der Waals surface area contributed by atoms with Gasteiger partial charge in [-0.2, -0.15) is 11.8 Å². The van der Waals surface area contributed by atoms with Gasteiger partial charge in [-0.25, -0.2) is 5.26 Å². The highest BCUT2D eigenvalue weighted by Gasteiger charge is 2.27. The van der Waals surface area contributed by atoms with Crippen molar-refractivity contribution < 1.29 is 103 Å². The van der Waals surface area contributed by atoms with Crippen LogP contribution in [-0.4, -0.2) is 201 Å². The minimum atomic E-state index is -1.23. The predicted octanol–water partition coefficient (Wildman–Crippen LogP) is 6.25. The van der Waals surface area contributed by atoms with Crippen LogP contribution < -0.4 is 5.73 Å². The number of nitrogens with two attached hydrogens (primary N) is 1. The average molecular weight is 1230 g/mol. The van der Waals surface area contributed by atoms with Gasteiger partial charge in [-0.15, -0.1) is 39.6 Å². The normalized spacial score (nSPS) is 11.3. The van der Waals surface area contributed by atoms with Crippen LogP contribution in [0.25, 0.3) is 0 Å². The van der Waals surface area contributed by atoms with Gasteiger partial charge in [0.1, 0.15) is 38.9 Å². The summed E-state index contributed by atoms with van der Waals surface area (Å²) in [5.41, 5.74) is 4.98. The number of Topliss-reactive ketones (excluding diaryl/α,β-unsaturated/α-hetero) is 4. The van der Waals surface area contributed by atoms with E-state index in [0.717, 1.165) is 71.0 Å². The maximum Gasteiger partial charge on any atom is 0.317 e. The Balaban J connectivity index is -0.000000134. The third kappa shape index (κ3) is 81.7. The van der Waals surface area contributed by atoms with E-state index in [-0.39, 0.29) is 66.2 Å². The molecule has 2 amide bonds. The summed E-state index contributed by atoms with van der Waals surface area (Å²) in [5.74, 6) is -5.48. The van der Waals surface area contributed by atoms with Gasteiger partial charge in [-0.1, -0.05) is 5.04 Å². The number of carboxylic acid groups (broad SMARTS) is 6. The second-order valence-electron chi connectivity index (χ2n) is 15.2. The lowest BCUT2D eigenvalue weighted by Crippen LogP contribution is -2.26. The molecule has 0 aromatic heterocycles. The zero-order valence-corrected chi connectivity index (χ0v) is 50.5. The number of primary amides is 1. The lowest BCUT2D eigenvalue weighted by molar-refractivity contribution is -0.432. The van der Waals surface area contributed by atoms with Crippen molar-refractivity contribution in [2.24, 2.45) is 17.6 Å². The molecule has 0 aromatic rings. The van der Waals surface area contributed by atoms with Gasteiger partial charge in [-0.05, 0) is 105 Å². The first-order chi connectivity index (χ1) is 36.7. The largest absolute Gasteiger partial charge is 0.481 e. The van der Waals surface area contributed by atoms with E-state index in [1.54, 1.807) is 60.5 Å². The maximum atomic E-state index is 11.5. The van der Waals surface area contributed by atoms with Gasteiger partial charge in [0.25, 0.3) is 0 Å². The fourth-order valence-electron chi connectivity index (χ4n) is 4.18. The molecule has 5 unspecified atom stereocenters. The van der Waals surface area contributed by atoms with E-state index in [1.165, 1.54) is 50.5 Å². The van der Waals surface area contributed by atoms with Crippen molar-refractivity contribution in [2.45, 2.75) is 135 Å². The maximum absolute atomic E-state index is 11.5. The number of nitrogens with zero attached hydrogens (tertiary/aromatic N) is 1. The molecule has 79 heavy (non-hydrogen) atoms. The van der Waals surface area contributed by atoms with Gasteiger partial charge >= 0.3 is 35.8 Å². The minimum Gasteiger partial charge on any atom is -0.481 e. The number of carbonyl (C=O) groups is 12. The van der Waals surface area contributed by atoms with Crippen molar-refractivity contribution in [1.82, 2.24) is 4.90 Å². The number of nitrogens with one attached hydrogen (secondary N) is 4. The van der Waals surface area contributed by atoms with Crippen molar-refractivity contribution in [3.63, 3.8) is 0 Å². The van der Waals surface area contributed by atoms with E-state index in [2.05, 4.69) is 9.37 Å². The van der Waals surface area contributed by atoms with E-state index in [1.807, 2.05) is 0 Å². The molecule has 0 saturated heterocycles. The molecule has 0 saturated carbocycles. The van der Waals surface area contributed by atoms with Crippen LogP contribution in [0.15, 0.2) is 0 Å². The average Bonchev–Trinajstić information content (AvgIpc) is 3.31. The monoisotopic (exact) mass is 1230 g/mol. The number of thioether (sulfide) groups is 4. The summed E-state index contributed by atoms with van der Waals surface area (Å²) in [5, 5.41) is 84.4. The molecule has 458 valence electrons. The van der Waals surface area contributed by atoms with Crippen molar-refractivity contribution in [2.75, 3.05) is 48.6 Å². The Morgan fingerprint density at radius 1 is 0.519 bits per heavy atom. The molecule has 0 radical (unpaired) electrons. The number of hydrogen-bond donors (Lipinski definition) is 12. The van der Waals surface area contributed by atoms with Crippen molar-refractivity contribution in [1.29, 1.82) is 21.6 Å². The third-order valence-corrected chi connectivity index (χ3v) is 13.6. The Labute approximate surface area is 483 Å². The number of ketones is 4. The van der Waals surface area contributed by atoms with Crippen LogP contribution in [0.3, 0.4) is 0 Å². The molecule has 13 N–H and O–H groups in total. The molecule has 0 aromatic carbocycles. The van der Waals surface area contributed by atoms with Crippen LogP contribution in [0.4, 0.5) is 0 Å². The SMILES string of the molecule is CC(=O)C(CCC(=O)N(C)C)CSC(CC(=O)O)C(=O)O.CC(=O)C(CCC(N)=O)CSC(CC(=O)O)C(=O)O.CC(=O)CCSC(CC(=O)O)C(=O)O.CC(=O)CCSCCCSOOO.CC=N.CC=N.CC=N.CC=N. The van der Waals surface area contributed by atoms with Gasteiger partial charge < -0.3 is 62.9 Å². The van der Waals surface area contributed by atoms with Gasteiger partial charge in [0.15, 0.2) is 0 Å². The predicted molar refractivity (Wildman–Crippen MR) is 311 cm³/mol. The summed E-state index contributed by atoms with van der Waals surface area (Å²) < 4.78 is 4.19. The lowest BCUT2D eigenvalue weighted by atomic mass is 10.0. The molecule has 0 aliphatic rings. The number of aliphatic carboxylic acids is 6. The van der Waals surface area contributed by atoms with E-state index >= 15 is 0 Å². The Morgan fingerprint density at radius 3 is 1.13 bits per heavy atom. The quantitative estimate of drug-likeness (QED) is 0.0108. The second-order valence-corrected chi connectivity index (χ2v) is 21.0. The second kappa shape index (κ2) is 65.3. The summed E-state index contributed by atoms with van der Waals surface area (Å²) in [6.07, 6.45) is 6.28. The molecule has 0 rings (SSSR count). The molecule has 0 fully saturated rings. The van der Waals surface area contributed by atoms with Crippen LogP contribution in [0, 0.1) is 33.5 Å². The number of amides is 2. The summed E-state index contributed by atoms with van der Waals surface area (Å²) in [7, 11) is 3.24. The summed E-state index contributed by atoms with van der Waals surface area (Å²) in [6, 6.07) is 0. The third-order valence-electron chi connectivity index (χ3n) is 7.96. The molecule has 5 atom stereocenters. The first kappa shape index (κ1) is 90.3. The van der Waals surface area contributed by atoms with Gasteiger partial charge in [0, 0.05) is 92.4 Å². The summed E-state index contributed by atoms with van der Waals surface area (Å²) in [6.45, 7) is 12.4. The molecule has 0 aliphatic heterocycles. The van der Waals surface area contributed by atoms with E-state index in [0.29, 0.717) is 18.6 Å². The molecular weight excluding hydrogens is 1140 g/mol. The fourth-order valence-corrected chi connectivity index (χ4v) is 9.35. The Bertz CT molecular complexity index is 1780. The number of carbonyl (C=O) groups excluding carboxylic acids is 6. The Kier molecular flexibility index (Phi) is 74.6. The van der Waals surface area contributed by atoms with Crippen LogP contribution in [0.1, 0.15) is 120 Å². The van der Waals surface area contributed by atoms with Crippen molar-refractivity contribution in [3.05, 3.63) is 0 Å².